The first-order valence-corrected chi connectivity index (χ1v) is 13.6. The number of hydrogen-bond acceptors (Lipinski definition) is 7. The summed E-state index contributed by atoms with van der Waals surface area (Å²) in [5, 5.41) is 10.1. The largest absolute Gasteiger partial charge is 0.304 e. The normalized spacial score (nSPS) is 17.4. The second kappa shape index (κ2) is 8.92. The molecule has 0 atom stereocenters. The molecule has 0 saturated carbocycles. The van der Waals surface area contributed by atoms with Gasteiger partial charge in [0.2, 0.25) is 10.0 Å². The van der Waals surface area contributed by atoms with Crippen molar-refractivity contribution < 1.29 is 8.42 Å². The summed E-state index contributed by atoms with van der Waals surface area (Å²) in [6.07, 6.45) is 0.443. The van der Waals surface area contributed by atoms with Crippen LogP contribution in [0.4, 0.5) is 0 Å². The van der Waals surface area contributed by atoms with Crippen molar-refractivity contribution in [2.24, 2.45) is 4.99 Å². The van der Waals surface area contributed by atoms with Gasteiger partial charge in [0.25, 0.3) is 0 Å². The maximum Gasteiger partial charge on any atom is 0.214 e. The van der Waals surface area contributed by atoms with E-state index in [1.807, 2.05) is 42.8 Å². The summed E-state index contributed by atoms with van der Waals surface area (Å²) in [6.45, 7) is 4.94. The Hall–Kier alpha value is -2.11. The molecule has 1 fully saturated rings. The van der Waals surface area contributed by atoms with Gasteiger partial charge in [0, 0.05) is 47.2 Å². The fourth-order valence-corrected chi connectivity index (χ4v) is 7.24. The van der Waals surface area contributed by atoms with Crippen LogP contribution < -0.4 is 0 Å². The molecule has 2 aromatic heterocycles. The summed E-state index contributed by atoms with van der Waals surface area (Å²) in [5.41, 5.74) is 2.58. The van der Waals surface area contributed by atoms with Crippen LogP contribution in [0.25, 0.3) is 5.00 Å². The van der Waals surface area contributed by atoms with E-state index in [-0.39, 0.29) is 5.75 Å². The Labute approximate surface area is 202 Å². The fraction of sp³-hybridized carbons (Fsp3) is 0.409. The first kappa shape index (κ1) is 22.7. The monoisotopic (exact) mass is 504 g/mol. The van der Waals surface area contributed by atoms with Crippen molar-refractivity contribution in [2.75, 3.05) is 39.0 Å². The van der Waals surface area contributed by atoms with Crippen molar-refractivity contribution in [3.05, 3.63) is 63.0 Å². The SMILES string of the molecule is Cc1nnc2n1-c1sc(CCS(=O)(=O)N3CCN(C)CC3)cc1C(c1ccccc1Cl)=NC2. The molecular weight excluding hydrogens is 480 g/mol. The van der Waals surface area contributed by atoms with E-state index in [0.29, 0.717) is 31.1 Å². The Kier molecular flexibility index (Phi) is 6.13. The Morgan fingerprint density at radius 2 is 1.85 bits per heavy atom. The second-order valence-electron chi connectivity index (χ2n) is 8.34. The van der Waals surface area contributed by atoms with Crippen LogP contribution in [-0.4, -0.2) is 77.1 Å². The molecule has 4 heterocycles. The zero-order valence-corrected chi connectivity index (χ0v) is 20.9. The molecular formula is C22H25ClN6O2S2. The van der Waals surface area contributed by atoms with E-state index in [4.69, 9.17) is 16.6 Å². The Bertz CT molecular complexity index is 1320. The van der Waals surface area contributed by atoms with Gasteiger partial charge < -0.3 is 4.90 Å². The van der Waals surface area contributed by atoms with Gasteiger partial charge in [-0.15, -0.1) is 21.5 Å². The number of likely N-dealkylation sites (N-methyl/N-ethyl adjacent to an activating group) is 1. The zero-order chi connectivity index (χ0) is 23.2. The zero-order valence-electron chi connectivity index (χ0n) is 18.5. The molecule has 1 saturated heterocycles. The van der Waals surface area contributed by atoms with E-state index in [2.05, 4.69) is 21.2 Å². The quantitative estimate of drug-likeness (QED) is 0.533. The maximum atomic E-state index is 13.0. The average Bonchev–Trinajstić information content (AvgIpc) is 3.33. The smallest absolute Gasteiger partial charge is 0.214 e. The predicted molar refractivity (Wildman–Crippen MR) is 131 cm³/mol. The number of fused-ring (bicyclic) bond motifs is 3. The number of aromatic nitrogens is 3. The van der Waals surface area contributed by atoms with Gasteiger partial charge in [-0.1, -0.05) is 29.8 Å². The fourth-order valence-electron chi connectivity index (χ4n) is 4.21. The lowest BCUT2D eigenvalue weighted by Crippen LogP contribution is -2.47. The molecule has 2 aliphatic heterocycles. The molecule has 174 valence electrons. The van der Waals surface area contributed by atoms with Crippen LogP contribution in [-0.2, 0) is 23.0 Å². The van der Waals surface area contributed by atoms with Crippen LogP contribution in [0.2, 0.25) is 5.02 Å². The molecule has 1 aromatic carbocycles. The number of aliphatic imine (C=N–C) groups is 1. The van der Waals surface area contributed by atoms with E-state index in [0.717, 1.165) is 51.5 Å². The predicted octanol–water partition coefficient (Wildman–Crippen LogP) is 2.76. The maximum absolute atomic E-state index is 13.0. The van der Waals surface area contributed by atoms with Crippen LogP contribution in [0.5, 0.6) is 0 Å². The summed E-state index contributed by atoms with van der Waals surface area (Å²) < 4.78 is 29.5. The molecule has 2 aliphatic rings. The Balaban J connectivity index is 1.48. The van der Waals surface area contributed by atoms with Gasteiger partial charge >= 0.3 is 0 Å². The van der Waals surface area contributed by atoms with Crippen molar-refractivity contribution in [3.8, 4) is 5.00 Å². The molecule has 0 radical (unpaired) electrons. The number of nitrogens with zero attached hydrogens (tertiary/aromatic N) is 6. The topological polar surface area (TPSA) is 83.7 Å². The minimum absolute atomic E-state index is 0.0860. The third kappa shape index (κ3) is 4.38. The summed E-state index contributed by atoms with van der Waals surface area (Å²) >= 11 is 8.09. The van der Waals surface area contributed by atoms with Crippen LogP contribution >= 0.6 is 22.9 Å². The number of piperazine rings is 1. The first-order valence-electron chi connectivity index (χ1n) is 10.8. The van der Waals surface area contributed by atoms with E-state index < -0.39 is 10.0 Å². The van der Waals surface area contributed by atoms with Gasteiger partial charge in [-0.2, -0.15) is 4.31 Å². The van der Waals surface area contributed by atoms with Gasteiger partial charge in [-0.05, 0) is 32.5 Å². The highest BCUT2D eigenvalue weighted by atomic mass is 35.5. The minimum atomic E-state index is -3.31. The second-order valence-corrected chi connectivity index (χ2v) is 12.0. The van der Waals surface area contributed by atoms with Crippen molar-refractivity contribution in [1.29, 1.82) is 0 Å². The first-order chi connectivity index (χ1) is 15.8. The number of hydrogen-bond donors (Lipinski definition) is 0. The number of benzene rings is 1. The summed E-state index contributed by atoms with van der Waals surface area (Å²) in [5.74, 6) is 1.62. The third-order valence-corrected chi connectivity index (χ3v) is 9.46. The van der Waals surface area contributed by atoms with Crippen molar-refractivity contribution >= 4 is 38.7 Å². The van der Waals surface area contributed by atoms with Crippen LogP contribution in [0.1, 0.15) is 27.7 Å². The number of thiophene rings is 1. The van der Waals surface area contributed by atoms with Crippen molar-refractivity contribution in [3.63, 3.8) is 0 Å². The lowest BCUT2D eigenvalue weighted by atomic mass is 10.0. The van der Waals surface area contributed by atoms with E-state index >= 15 is 0 Å². The van der Waals surface area contributed by atoms with Crippen molar-refractivity contribution in [1.82, 2.24) is 24.0 Å². The summed E-state index contributed by atoms with van der Waals surface area (Å²) in [6, 6.07) is 9.70. The number of halogens is 1. The van der Waals surface area contributed by atoms with E-state index in [9.17, 15) is 8.42 Å². The molecule has 3 aromatic rings. The molecule has 0 bridgehead atoms. The minimum Gasteiger partial charge on any atom is -0.304 e. The molecule has 0 aliphatic carbocycles. The molecule has 0 unspecified atom stereocenters. The Morgan fingerprint density at radius 1 is 1.09 bits per heavy atom. The molecule has 0 spiro atoms. The van der Waals surface area contributed by atoms with Gasteiger partial charge in [-0.25, -0.2) is 8.42 Å². The lowest BCUT2D eigenvalue weighted by Gasteiger charge is -2.31. The highest BCUT2D eigenvalue weighted by molar-refractivity contribution is 7.89. The standard InChI is InChI=1S/C22H25ClN6O2S2/c1-15-25-26-20-14-24-21(17-5-3-4-6-19(17)23)18-13-16(32-22(18)29(15)20)7-12-33(30,31)28-10-8-27(2)9-11-28/h3-6,13H,7-12,14H2,1-2H3. The number of aryl methyl sites for hydroxylation is 2. The Morgan fingerprint density at radius 3 is 2.61 bits per heavy atom. The van der Waals surface area contributed by atoms with Gasteiger partial charge in [0.1, 0.15) is 17.4 Å². The molecule has 0 N–H and O–H groups in total. The van der Waals surface area contributed by atoms with Crippen LogP contribution in [0.3, 0.4) is 0 Å². The number of sulfonamides is 1. The average molecular weight is 505 g/mol. The van der Waals surface area contributed by atoms with Crippen LogP contribution in [0, 0.1) is 6.92 Å². The van der Waals surface area contributed by atoms with E-state index in [1.165, 1.54) is 0 Å². The highest BCUT2D eigenvalue weighted by Gasteiger charge is 2.28. The van der Waals surface area contributed by atoms with Crippen LogP contribution in [0.15, 0.2) is 35.3 Å². The van der Waals surface area contributed by atoms with Gasteiger partial charge in [-0.3, -0.25) is 9.56 Å². The number of rotatable bonds is 5. The van der Waals surface area contributed by atoms with Gasteiger partial charge in [0.05, 0.1) is 11.5 Å². The molecule has 11 heteroatoms. The lowest BCUT2D eigenvalue weighted by molar-refractivity contribution is 0.222. The van der Waals surface area contributed by atoms with Gasteiger partial charge in [0.15, 0.2) is 5.82 Å². The molecule has 0 amide bonds. The highest BCUT2D eigenvalue weighted by Crippen LogP contribution is 2.34. The molecule has 5 rings (SSSR count). The summed E-state index contributed by atoms with van der Waals surface area (Å²) in [4.78, 5) is 7.97. The molecule has 8 nitrogen and oxygen atoms in total. The van der Waals surface area contributed by atoms with Crippen molar-refractivity contribution in [2.45, 2.75) is 19.9 Å². The third-order valence-electron chi connectivity index (χ3n) is 6.08. The van der Waals surface area contributed by atoms with E-state index in [1.54, 1.807) is 15.6 Å². The summed E-state index contributed by atoms with van der Waals surface area (Å²) in [7, 11) is -1.30. The molecule has 33 heavy (non-hydrogen) atoms.